The van der Waals surface area contributed by atoms with E-state index in [-0.39, 0.29) is 5.91 Å². The van der Waals surface area contributed by atoms with Gasteiger partial charge in [0.15, 0.2) is 5.65 Å². The summed E-state index contributed by atoms with van der Waals surface area (Å²) in [5, 5.41) is 8.26. The number of nitrogens with one attached hydrogen (secondary N) is 1. The molecule has 0 saturated heterocycles. The third-order valence-corrected chi connectivity index (χ3v) is 5.94. The molecule has 0 aliphatic carbocycles. The third-order valence-electron chi connectivity index (χ3n) is 5.16. The average molecular weight is 500 g/mol. The lowest BCUT2D eigenvalue weighted by molar-refractivity contribution is 0.102. The van der Waals surface area contributed by atoms with Gasteiger partial charge in [-0.2, -0.15) is 5.10 Å². The number of aromatic nitrogens is 5. The predicted octanol–water partition coefficient (Wildman–Crippen LogP) is 4.53. The van der Waals surface area contributed by atoms with Crippen LogP contribution >= 0.6 is 15.9 Å². The van der Waals surface area contributed by atoms with Gasteiger partial charge in [0.05, 0.1) is 11.9 Å². The van der Waals surface area contributed by atoms with Crippen LogP contribution in [0.5, 0.6) is 0 Å². The van der Waals surface area contributed by atoms with E-state index in [2.05, 4.69) is 36.2 Å². The summed E-state index contributed by atoms with van der Waals surface area (Å²) in [7, 11) is 0. The highest BCUT2D eigenvalue weighted by atomic mass is 79.9. The molecular weight excluding hydrogens is 482 g/mol. The molecule has 0 atom stereocenters. The van der Waals surface area contributed by atoms with E-state index in [0.29, 0.717) is 40.5 Å². The van der Waals surface area contributed by atoms with E-state index in [1.807, 2.05) is 47.1 Å². The zero-order valence-electron chi connectivity index (χ0n) is 17.3. The number of rotatable bonds is 5. The molecule has 0 fully saturated rings. The Labute approximate surface area is 197 Å². The molecule has 0 saturated carbocycles. The minimum absolute atomic E-state index is 0.243. The minimum Gasteiger partial charge on any atom is -0.383 e. The van der Waals surface area contributed by atoms with Gasteiger partial charge in [-0.3, -0.25) is 4.79 Å². The van der Waals surface area contributed by atoms with Crippen LogP contribution in [0.15, 0.2) is 83.7 Å². The van der Waals surface area contributed by atoms with Crippen LogP contribution in [0.25, 0.3) is 22.3 Å². The number of anilines is 2. The standard InChI is InChI=1S/C24H18BrN7O/c25-18-6-2-1-5-17(18)13-32-23-20(22(26)28-14-29-23)21(31-32)15-8-10-16(11-9-15)24(33)30-19-7-3-4-12-27-19/h1-12,14H,13H2,(H2,26,28,29)(H,27,30,33). The zero-order chi connectivity index (χ0) is 22.8. The predicted molar refractivity (Wildman–Crippen MR) is 131 cm³/mol. The van der Waals surface area contributed by atoms with Crippen molar-refractivity contribution in [2.75, 3.05) is 11.1 Å². The number of carbonyl (C=O) groups excluding carboxylic acids is 1. The normalized spacial score (nSPS) is 10.9. The topological polar surface area (TPSA) is 112 Å². The molecule has 5 rings (SSSR count). The number of fused-ring (bicyclic) bond motifs is 1. The van der Waals surface area contributed by atoms with Crippen molar-refractivity contribution in [2.24, 2.45) is 0 Å². The summed E-state index contributed by atoms with van der Waals surface area (Å²) in [6.45, 7) is 0.513. The van der Waals surface area contributed by atoms with Crippen LogP contribution in [0.4, 0.5) is 11.6 Å². The molecule has 2 aromatic carbocycles. The highest BCUT2D eigenvalue weighted by Crippen LogP contribution is 2.31. The van der Waals surface area contributed by atoms with Crippen molar-refractivity contribution in [1.82, 2.24) is 24.7 Å². The Bertz CT molecular complexity index is 1450. The second kappa shape index (κ2) is 8.79. The third kappa shape index (κ3) is 4.18. The maximum absolute atomic E-state index is 12.6. The van der Waals surface area contributed by atoms with Gasteiger partial charge in [0.1, 0.15) is 23.7 Å². The summed E-state index contributed by atoms with van der Waals surface area (Å²) >= 11 is 3.59. The molecule has 5 aromatic rings. The molecule has 0 unspecified atom stereocenters. The van der Waals surface area contributed by atoms with Crippen LogP contribution in [-0.4, -0.2) is 30.6 Å². The van der Waals surface area contributed by atoms with Gasteiger partial charge in [0.25, 0.3) is 5.91 Å². The number of halogens is 1. The Hall–Kier alpha value is -4.11. The Morgan fingerprint density at radius 1 is 0.970 bits per heavy atom. The van der Waals surface area contributed by atoms with Crippen molar-refractivity contribution in [1.29, 1.82) is 0 Å². The van der Waals surface area contributed by atoms with Crippen LogP contribution in [0.2, 0.25) is 0 Å². The first-order valence-electron chi connectivity index (χ1n) is 10.1. The second-order valence-electron chi connectivity index (χ2n) is 7.30. The van der Waals surface area contributed by atoms with Gasteiger partial charge in [-0.1, -0.05) is 52.3 Å². The Kier molecular flexibility index (Phi) is 5.54. The number of nitrogens with zero attached hydrogens (tertiary/aromatic N) is 5. The highest BCUT2D eigenvalue weighted by molar-refractivity contribution is 9.10. The lowest BCUT2D eigenvalue weighted by Gasteiger charge is -2.05. The van der Waals surface area contributed by atoms with E-state index in [1.165, 1.54) is 6.33 Å². The monoisotopic (exact) mass is 499 g/mol. The first-order chi connectivity index (χ1) is 16.1. The highest BCUT2D eigenvalue weighted by Gasteiger charge is 2.18. The largest absolute Gasteiger partial charge is 0.383 e. The first kappa shape index (κ1) is 20.8. The maximum Gasteiger partial charge on any atom is 0.256 e. The summed E-state index contributed by atoms with van der Waals surface area (Å²) in [6.07, 6.45) is 3.06. The summed E-state index contributed by atoms with van der Waals surface area (Å²) in [5.41, 5.74) is 9.89. The van der Waals surface area contributed by atoms with Crippen LogP contribution in [0.3, 0.4) is 0 Å². The first-order valence-corrected chi connectivity index (χ1v) is 10.9. The van der Waals surface area contributed by atoms with Crippen molar-refractivity contribution in [3.05, 3.63) is 94.9 Å². The van der Waals surface area contributed by atoms with E-state index < -0.39 is 0 Å². The number of benzene rings is 2. The molecule has 33 heavy (non-hydrogen) atoms. The van der Waals surface area contributed by atoms with Crippen LogP contribution in [0.1, 0.15) is 15.9 Å². The summed E-state index contributed by atoms with van der Waals surface area (Å²) in [6, 6.07) is 20.5. The molecule has 0 aliphatic rings. The zero-order valence-corrected chi connectivity index (χ0v) is 18.9. The number of nitrogens with two attached hydrogens (primary N) is 1. The quantitative estimate of drug-likeness (QED) is 0.367. The molecule has 0 aliphatic heterocycles. The van der Waals surface area contributed by atoms with Crippen LogP contribution < -0.4 is 11.1 Å². The number of nitrogen functional groups attached to an aromatic ring is 1. The van der Waals surface area contributed by atoms with E-state index >= 15 is 0 Å². The van der Waals surface area contributed by atoms with Crippen molar-refractivity contribution >= 4 is 44.5 Å². The molecule has 9 heteroatoms. The lowest BCUT2D eigenvalue weighted by atomic mass is 10.1. The van der Waals surface area contributed by atoms with Crippen molar-refractivity contribution < 1.29 is 4.79 Å². The fourth-order valence-corrected chi connectivity index (χ4v) is 3.95. The molecule has 3 aromatic heterocycles. The van der Waals surface area contributed by atoms with Crippen LogP contribution in [-0.2, 0) is 6.54 Å². The molecule has 162 valence electrons. The molecular formula is C24H18BrN7O. The van der Waals surface area contributed by atoms with E-state index in [4.69, 9.17) is 10.8 Å². The lowest BCUT2D eigenvalue weighted by Crippen LogP contribution is -2.12. The van der Waals surface area contributed by atoms with Gasteiger partial charge in [-0.05, 0) is 35.9 Å². The van der Waals surface area contributed by atoms with Gasteiger partial charge in [0.2, 0.25) is 0 Å². The number of pyridine rings is 1. The Morgan fingerprint density at radius 3 is 2.52 bits per heavy atom. The number of amides is 1. The fraction of sp³-hybridized carbons (Fsp3) is 0.0417. The summed E-state index contributed by atoms with van der Waals surface area (Å²) < 4.78 is 2.80. The van der Waals surface area contributed by atoms with Gasteiger partial charge < -0.3 is 11.1 Å². The van der Waals surface area contributed by atoms with E-state index in [9.17, 15) is 4.79 Å². The van der Waals surface area contributed by atoms with Crippen molar-refractivity contribution in [3.8, 4) is 11.3 Å². The van der Waals surface area contributed by atoms with Crippen LogP contribution in [0, 0.1) is 0 Å². The minimum atomic E-state index is -0.243. The maximum atomic E-state index is 12.6. The number of hydrogen-bond donors (Lipinski definition) is 2. The van der Waals surface area contributed by atoms with Gasteiger partial charge in [-0.15, -0.1) is 0 Å². The molecule has 1 amide bonds. The summed E-state index contributed by atoms with van der Waals surface area (Å²) in [4.78, 5) is 25.3. The molecule has 0 spiro atoms. The Morgan fingerprint density at radius 2 is 1.76 bits per heavy atom. The number of carbonyl (C=O) groups is 1. The summed E-state index contributed by atoms with van der Waals surface area (Å²) in [5.74, 6) is 0.603. The van der Waals surface area contributed by atoms with Crippen molar-refractivity contribution in [2.45, 2.75) is 6.54 Å². The average Bonchev–Trinajstić information content (AvgIpc) is 3.21. The van der Waals surface area contributed by atoms with Gasteiger partial charge in [0, 0.05) is 21.8 Å². The molecule has 3 N–H and O–H groups in total. The fourth-order valence-electron chi connectivity index (χ4n) is 3.54. The van der Waals surface area contributed by atoms with Crippen molar-refractivity contribution in [3.63, 3.8) is 0 Å². The molecule has 0 bridgehead atoms. The smallest absolute Gasteiger partial charge is 0.256 e. The number of hydrogen-bond acceptors (Lipinski definition) is 6. The second-order valence-corrected chi connectivity index (χ2v) is 8.16. The molecule has 3 heterocycles. The van der Waals surface area contributed by atoms with E-state index in [0.717, 1.165) is 15.6 Å². The Balaban J connectivity index is 1.49. The molecule has 8 nitrogen and oxygen atoms in total. The van der Waals surface area contributed by atoms with Gasteiger partial charge >= 0.3 is 0 Å². The SMILES string of the molecule is Nc1ncnc2c1c(-c1ccc(C(=O)Nc3ccccn3)cc1)nn2Cc1ccccc1Br. The van der Waals surface area contributed by atoms with Gasteiger partial charge in [-0.25, -0.2) is 19.6 Å². The molecule has 0 radical (unpaired) electrons. The van der Waals surface area contributed by atoms with E-state index in [1.54, 1.807) is 30.5 Å².